The van der Waals surface area contributed by atoms with Crippen LogP contribution >= 0.6 is 0 Å². The van der Waals surface area contributed by atoms with E-state index in [1.165, 1.54) is 33.1 Å². The third kappa shape index (κ3) is 8.44. The lowest BCUT2D eigenvalue weighted by Gasteiger charge is -2.18. The van der Waals surface area contributed by atoms with Gasteiger partial charge in [0.1, 0.15) is 35.0 Å². The smallest absolute Gasteiger partial charge is 0.347 e. The predicted octanol–water partition coefficient (Wildman–Crippen LogP) is 4.81. The van der Waals surface area contributed by atoms with Gasteiger partial charge in [0.2, 0.25) is 5.78 Å². The first-order chi connectivity index (χ1) is 26.1. The Morgan fingerprint density at radius 1 is 0.891 bits per heavy atom. The number of carbonyl (C=O) groups is 7. The van der Waals surface area contributed by atoms with E-state index in [1.54, 1.807) is 25.3 Å². The van der Waals surface area contributed by atoms with E-state index < -0.39 is 70.2 Å². The first-order valence-corrected chi connectivity index (χ1v) is 15.8. The van der Waals surface area contributed by atoms with Crippen LogP contribution in [0.2, 0.25) is 0 Å². The number of aliphatic carboxylic acids is 1. The molecule has 3 aromatic rings. The number of aromatic hydroxyl groups is 2. The summed E-state index contributed by atoms with van der Waals surface area (Å²) < 4.78 is 25.9. The van der Waals surface area contributed by atoms with Crippen molar-refractivity contribution in [2.75, 3.05) is 14.2 Å². The molecule has 284 valence electrons. The summed E-state index contributed by atoms with van der Waals surface area (Å²) in [6.45, 7) is 5.60. The molecular formula is C39H32O16. The van der Waals surface area contributed by atoms with Gasteiger partial charge in [-0.05, 0) is 49.2 Å². The molecule has 1 unspecified atom stereocenters. The molecule has 3 aromatic carbocycles. The molecule has 2 aliphatic rings. The van der Waals surface area contributed by atoms with Gasteiger partial charge in [0, 0.05) is 35.3 Å². The van der Waals surface area contributed by atoms with Gasteiger partial charge >= 0.3 is 23.9 Å². The Morgan fingerprint density at radius 2 is 1.56 bits per heavy atom. The number of carboxylic acids is 2. The molecule has 4 N–H and O–H groups in total. The Morgan fingerprint density at radius 3 is 2.13 bits per heavy atom. The van der Waals surface area contributed by atoms with Crippen LogP contribution in [0, 0.1) is 13.8 Å². The fraction of sp³-hybridized carbons (Fsp3) is 0.154. The lowest BCUT2D eigenvalue weighted by atomic mass is 9.85. The molecule has 0 saturated carbocycles. The number of carboxylic acid groups (broad SMARTS) is 2. The highest BCUT2D eigenvalue weighted by Gasteiger charge is 2.36. The average molecular weight is 757 g/mol. The number of phenolic OH excluding ortho intramolecular Hbond substituents is 1. The van der Waals surface area contributed by atoms with Crippen molar-refractivity contribution in [3.63, 3.8) is 0 Å². The summed E-state index contributed by atoms with van der Waals surface area (Å²) in [5, 5.41) is 38.9. The number of hydrogen-bond acceptors (Lipinski definition) is 14. The fourth-order valence-corrected chi connectivity index (χ4v) is 5.53. The van der Waals surface area contributed by atoms with E-state index in [1.807, 2.05) is 12.1 Å². The zero-order valence-corrected chi connectivity index (χ0v) is 29.5. The van der Waals surface area contributed by atoms with Gasteiger partial charge in [-0.1, -0.05) is 18.2 Å². The lowest BCUT2D eigenvalue weighted by molar-refractivity contribution is -0.139. The van der Waals surface area contributed by atoms with Crippen LogP contribution in [-0.2, 0) is 35.3 Å². The van der Waals surface area contributed by atoms with Crippen molar-refractivity contribution in [3.8, 4) is 34.5 Å². The van der Waals surface area contributed by atoms with Crippen LogP contribution in [0.25, 0.3) is 0 Å². The maximum absolute atomic E-state index is 12.9. The van der Waals surface area contributed by atoms with Crippen molar-refractivity contribution < 1.29 is 77.7 Å². The third-order valence-corrected chi connectivity index (χ3v) is 8.21. The third-order valence-electron chi connectivity index (χ3n) is 8.21. The normalized spacial score (nSPS) is 13.6. The van der Waals surface area contributed by atoms with Crippen LogP contribution in [0.3, 0.4) is 0 Å². The van der Waals surface area contributed by atoms with Gasteiger partial charge in [-0.2, -0.15) is 0 Å². The fourth-order valence-electron chi connectivity index (χ4n) is 5.53. The molecule has 16 nitrogen and oxygen atoms in total. The molecular weight excluding hydrogens is 724 g/mol. The Labute approximate surface area is 311 Å². The quantitative estimate of drug-likeness (QED) is 0.0512. The van der Waals surface area contributed by atoms with E-state index in [0.29, 0.717) is 17.7 Å². The molecule has 55 heavy (non-hydrogen) atoms. The molecule has 0 radical (unpaired) electrons. The monoisotopic (exact) mass is 756 g/mol. The molecule has 0 saturated heterocycles. The number of benzene rings is 3. The van der Waals surface area contributed by atoms with E-state index in [-0.39, 0.29) is 52.0 Å². The largest absolute Gasteiger partial charge is 0.507 e. The summed E-state index contributed by atoms with van der Waals surface area (Å²) in [5.41, 5.74) is -0.544. The lowest BCUT2D eigenvalue weighted by Crippen LogP contribution is -2.18. The van der Waals surface area contributed by atoms with Crippen LogP contribution in [0.5, 0.6) is 34.5 Å². The van der Waals surface area contributed by atoms with E-state index in [2.05, 4.69) is 6.58 Å². The molecule has 0 fully saturated rings. The van der Waals surface area contributed by atoms with Gasteiger partial charge < -0.3 is 44.1 Å². The second-order valence-electron chi connectivity index (χ2n) is 11.5. The number of carbonyl (C=O) groups excluding carboxylic acids is 5. The number of rotatable bonds is 11. The molecule has 5 rings (SSSR count). The maximum atomic E-state index is 12.9. The number of allylic oxidation sites excluding steroid dienone is 4. The number of aryl methyl sites for hydroxylation is 1. The van der Waals surface area contributed by atoms with Crippen LogP contribution in [-0.4, -0.2) is 76.4 Å². The molecule has 0 bridgehead atoms. The Kier molecular flexibility index (Phi) is 12.4. The van der Waals surface area contributed by atoms with Gasteiger partial charge in [-0.3, -0.25) is 14.4 Å². The molecule has 1 aliphatic carbocycles. The molecule has 0 spiro atoms. The Hall–Kier alpha value is -7.49. The van der Waals surface area contributed by atoms with Crippen molar-refractivity contribution in [1.29, 1.82) is 0 Å². The van der Waals surface area contributed by atoms with E-state index in [9.17, 15) is 48.9 Å². The number of aldehydes is 1. The molecule has 1 aliphatic heterocycles. The number of methoxy groups -OCH3 is 2. The van der Waals surface area contributed by atoms with Gasteiger partial charge in [0.25, 0.3) is 0 Å². The number of hydrogen-bond donors (Lipinski definition) is 4. The molecule has 0 amide bonds. The van der Waals surface area contributed by atoms with Gasteiger partial charge in [0.15, 0.2) is 35.1 Å². The topological polar surface area (TPSA) is 247 Å². The van der Waals surface area contributed by atoms with Crippen LogP contribution in [0.4, 0.5) is 0 Å². The summed E-state index contributed by atoms with van der Waals surface area (Å²) in [4.78, 5) is 82.6. The van der Waals surface area contributed by atoms with Crippen molar-refractivity contribution in [1.82, 2.24) is 0 Å². The van der Waals surface area contributed by atoms with Crippen LogP contribution < -0.4 is 14.2 Å². The second kappa shape index (κ2) is 16.9. The highest BCUT2D eigenvalue weighted by Crippen LogP contribution is 2.50. The first-order valence-electron chi connectivity index (χ1n) is 15.8. The van der Waals surface area contributed by atoms with Crippen molar-refractivity contribution in [3.05, 3.63) is 118 Å². The SMILES string of the molecule is C=CC(C1=CC(=O)C(OC)=CC1=O)c1ccc(OC)cc1.Cc1cc(O)c(C=O)c2c1C(=O)Oc1c(COC(=O)C=CC(=O)O)c(O)c(C(=O)O)c(C)c1O2. The number of phenols is 2. The minimum atomic E-state index is -1.60. The van der Waals surface area contributed by atoms with E-state index >= 15 is 0 Å². The zero-order valence-electron chi connectivity index (χ0n) is 29.5. The van der Waals surface area contributed by atoms with Crippen molar-refractivity contribution in [2.24, 2.45) is 0 Å². The second-order valence-corrected chi connectivity index (χ2v) is 11.5. The highest BCUT2D eigenvalue weighted by molar-refractivity contribution is 6.19. The highest BCUT2D eigenvalue weighted by atomic mass is 16.6. The number of aromatic carboxylic acids is 1. The van der Waals surface area contributed by atoms with Crippen LogP contribution in [0.15, 0.2) is 78.6 Å². The van der Waals surface area contributed by atoms with E-state index in [4.69, 9.17) is 28.8 Å². The minimum Gasteiger partial charge on any atom is -0.507 e. The zero-order chi connectivity index (χ0) is 40.7. The number of ether oxygens (including phenoxy) is 5. The summed E-state index contributed by atoms with van der Waals surface area (Å²) in [6, 6.07) is 8.43. The number of esters is 2. The average Bonchev–Trinajstić information content (AvgIpc) is 3.29. The number of ketones is 2. The van der Waals surface area contributed by atoms with Crippen molar-refractivity contribution >= 4 is 41.7 Å². The summed E-state index contributed by atoms with van der Waals surface area (Å²) in [6.07, 6.45) is 5.48. The number of fused-ring (bicyclic) bond motifs is 2. The standard InChI is InChI=1S/C22H16O12.C17H16O4/c1-8-5-12(24)10(6-23)19-15(8)22(31)34-20-11(7-32-14(27)4-3-13(25)26)17(28)16(21(29)30)9(2)18(20)33-19;1-4-13(11-5-7-12(20-2)8-6-11)14-9-16(19)17(21-3)10-15(14)18/h3-6,24,28H,7H2,1-2H3,(H,25,26)(H,29,30);4-10,13H,1H2,2-3H3. The van der Waals surface area contributed by atoms with Gasteiger partial charge in [-0.15, -0.1) is 6.58 Å². The predicted molar refractivity (Wildman–Crippen MR) is 189 cm³/mol. The van der Waals surface area contributed by atoms with Gasteiger partial charge in [0.05, 0.1) is 25.3 Å². The summed E-state index contributed by atoms with van der Waals surface area (Å²) >= 11 is 0. The van der Waals surface area contributed by atoms with Gasteiger partial charge in [-0.25, -0.2) is 19.2 Å². The van der Waals surface area contributed by atoms with E-state index in [0.717, 1.165) is 17.4 Å². The molecule has 1 atom stereocenters. The summed E-state index contributed by atoms with van der Waals surface area (Å²) in [7, 11) is 2.95. The Bertz CT molecular complexity index is 2240. The molecule has 16 heteroatoms. The van der Waals surface area contributed by atoms with Crippen LogP contribution in [0.1, 0.15) is 59.2 Å². The molecule has 1 heterocycles. The van der Waals surface area contributed by atoms with Crippen molar-refractivity contribution in [2.45, 2.75) is 26.4 Å². The minimum absolute atomic E-state index is 0.0568. The summed E-state index contributed by atoms with van der Waals surface area (Å²) in [5.74, 6) is -8.03. The maximum Gasteiger partial charge on any atom is 0.347 e. The molecule has 0 aromatic heterocycles. The Balaban J connectivity index is 0.000000274. The first kappa shape index (κ1) is 40.3.